The van der Waals surface area contributed by atoms with Crippen LogP contribution in [0.15, 0.2) is 0 Å². The van der Waals surface area contributed by atoms with E-state index in [2.05, 4.69) is 28.6 Å². The second-order valence-corrected chi connectivity index (χ2v) is 7.85. The molecular weight excluding hydrogens is 460 g/mol. The van der Waals surface area contributed by atoms with Gasteiger partial charge in [0.05, 0.1) is 6.04 Å². The number of hydrogen-bond donors (Lipinski definition) is 8. The standard InChI is InChI=1S/C19H32N4O9S/c1-3-9(2)15(19(31)32)23-18(30)12(5-7-14(26)27)22-17(29)11(4-6-13(24)25)21-16(28)10(20)8-33/h9-12,15,33H,3-8,20H2,1-2H3,(H,21,28)(H,22,29)(H,23,30)(H,24,25)(H,26,27)(H,31,32). The molecule has 3 amide bonds. The van der Waals surface area contributed by atoms with Gasteiger partial charge in [-0.2, -0.15) is 12.6 Å². The Kier molecular flexibility index (Phi) is 13.7. The van der Waals surface area contributed by atoms with E-state index in [9.17, 15) is 33.9 Å². The molecule has 0 radical (unpaired) electrons. The van der Waals surface area contributed by atoms with Crippen molar-refractivity contribution in [1.82, 2.24) is 16.0 Å². The van der Waals surface area contributed by atoms with Crippen LogP contribution in [0.2, 0.25) is 0 Å². The molecule has 0 spiro atoms. The molecule has 0 aliphatic carbocycles. The first-order chi connectivity index (χ1) is 15.3. The Balaban J connectivity index is 5.63. The van der Waals surface area contributed by atoms with E-state index in [1.54, 1.807) is 13.8 Å². The van der Waals surface area contributed by atoms with Crippen molar-refractivity contribution in [2.45, 2.75) is 70.1 Å². The lowest BCUT2D eigenvalue weighted by atomic mass is 9.98. The molecule has 0 heterocycles. The molecule has 188 valence electrons. The minimum atomic E-state index is -1.44. The smallest absolute Gasteiger partial charge is 0.326 e. The summed E-state index contributed by atoms with van der Waals surface area (Å²) in [5.74, 6) is -6.93. The third kappa shape index (κ3) is 11.5. The van der Waals surface area contributed by atoms with Crippen molar-refractivity contribution in [3.63, 3.8) is 0 Å². The summed E-state index contributed by atoms with van der Waals surface area (Å²) in [7, 11) is 0. The van der Waals surface area contributed by atoms with E-state index in [1.807, 2.05) is 0 Å². The Morgan fingerprint density at radius 2 is 1.24 bits per heavy atom. The van der Waals surface area contributed by atoms with Gasteiger partial charge in [0.1, 0.15) is 18.1 Å². The van der Waals surface area contributed by atoms with Crippen molar-refractivity contribution in [3.8, 4) is 0 Å². The highest BCUT2D eigenvalue weighted by Gasteiger charge is 2.32. The van der Waals surface area contributed by atoms with Crippen LogP contribution in [-0.2, 0) is 28.8 Å². The lowest BCUT2D eigenvalue weighted by Gasteiger charge is -2.26. The van der Waals surface area contributed by atoms with E-state index in [0.717, 1.165) is 0 Å². The molecule has 5 atom stereocenters. The van der Waals surface area contributed by atoms with E-state index in [0.29, 0.717) is 6.42 Å². The van der Waals surface area contributed by atoms with Gasteiger partial charge in [0.25, 0.3) is 0 Å². The molecular formula is C19H32N4O9S. The van der Waals surface area contributed by atoms with Crippen LogP contribution in [0.1, 0.15) is 46.0 Å². The molecule has 0 aliphatic heterocycles. The summed E-state index contributed by atoms with van der Waals surface area (Å²) < 4.78 is 0. The Bertz CT molecular complexity index is 734. The predicted molar refractivity (Wildman–Crippen MR) is 118 cm³/mol. The first-order valence-corrected chi connectivity index (χ1v) is 10.9. The summed E-state index contributed by atoms with van der Waals surface area (Å²) in [5.41, 5.74) is 5.55. The molecule has 0 aliphatic rings. The molecule has 33 heavy (non-hydrogen) atoms. The van der Waals surface area contributed by atoms with E-state index in [1.165, 1.54) is 0 Å². The third-order valence-electron chi connectivity index (χ3n) is 4.87. The molecule has 0 bridgehead atoms. The number of carboxylic acids is 3. The van der Waals surface area contributed by atoms with Gasteiger partial charge >= 0.3 is 17.9 Å². The highest BCUT2D eigenvalue weighted by Crippen LogP contribution is 2.10. The Labute approximate surface area is 196 Å². The number of nitrogens with one attached hydrogen (secondary N) is 3. The molecule has 0 saturated heterocycles. The summed E-state index contributed by atoms with van der Waals surface area (Å²) in [5, 5.41) is 34.1. The lowest BCUT2D eigenvalue weighted by Crippen LogP contribution is -2.58. The highest BCUT2D eigenvalue weighted by atomic mass is 32.1. The van der Waals surface area contributed by atoms with E-state index in [4.69, 9.17) is 15.9 Å². The number of thiol groups is 1. The van der Waals surface area contributed by atoms with Crippen molar-refractivity contribution < 1.29 is 44.1 Å². The largest absolute Gasteiger partial charge is 0.481 e. The van der Waals surface area contributed by atoms with Crippen molar-refractivity contribution >= 4 is 48.3 Å². The first-order valence-electron chi connectivity index (χ1n) is 10.3. The molecule has 8 N–H and O–H groups in total. The maximum atomic E-state index is 12.7. The van der Waals surface area contributed by atoms with Gasteiger partial charge in [-0.05, 0) is 18.8 Å². The fraction of sp³-hybridized carbons (Fsp3) is 0.684. The zero-order chi connectivity index (χ0) is 25.7. The third-order valence-corrected chi connectivity index (χ3v) is 5.26. The topological polar surface area (TPSA) is 225 Å². The van der Waals surface area contributed by atoms with Crippen LogP contribution in [0.4, 0.5) is 0 Å². The summed E-state index contributed by atoms with van der Waals surface area (Å²) in [6.07, 6.45) is -1.27. The van der Waals surface area contributed by atoms with Gasteiger partial charge in [-0.1, -0.05) is 20.3 Å². The Morgan fingerprint density at radius 1 is 0.818 bits per heavy atom. The molecule has 13 nitrogen and oxygen atoms in total. The molecule has 0 aromatic carbocycles. The van der Waals surface area contributed by atoms with Crippen molar-refractivity contribution in [3.05, 3.63) is 0 Å². The lowest BCUT2D eigenvalue weighted by molar-refractivity contribution is -0.144. The van der Waals surface area contributed by atoms with Gasteiger partial charge < -0.3 is 37.0 Å². The Morgan fingerprint density at radius 3 is 1.61 bits per heavy atom. The highest BCUT2D eigenvalue weighted by molar-refractivity contribution is 7.80. The summed E-state index contributed by atoms with van der Waals surface area (Å²) in [6.45, 7) is 3.33. The number of rotatable bonds is 16. The van der Waals surface area contributed by atoms with Gasteiger partial charge in [-0.3, -0.25) is 24.0 Å². The number of carbonyl (C=O) groups is 6. The van der Waals surface area contributed by atoms with E-state index >= 15 is 0 Å². The van der Waals surface area contributed by atoms with E-state index < -0.39 is 78.6 Å². The van der Waals surface area contributed by atoms with Crippen molar-refractivity contribution in [2.75, 3.05) is 5.75 Å². The van der Waals surface area contributed by atoms with E-state index in [-0.39, 0.29) is 18.6 Å². The van der Waals surface area contributed by atoms with Crippen LogP contribution >= 0.6 is 12.6 Å². The fourth-order valence-corrected chi connectivity index (χ4v) is 2.81. The maximum absolute atomic E-state index is 12.7. The zero-order valence-electron chi connectivity index (χ0n) is 18.4. The Hall–Kier alpha value is -2.87. The zero-order valence-corrected chi connectivity index (χ0v) is 19.3. The number of carboxylic acid groups (broad SMARTS) is 3. The number of hydrogen-bond acceptors (Lipinski definition) is 8. The molecule has 0 aromatic rings. The van der Waals surface area contributed by atoms with Crippen LogP contribution in [0.25, 0.3) is 0 Å². The quantitative estimate of drug-likeness (QED) is 0.117. The normalized spacial score (nSPS) is 15.3. The molecule has 0 fully saturated rings. The molecule has 0 aromatic heterocycles. The van der Waals surface area contributed by atoms with Crippen LogP contribution in [0.3, 0.4) is 0 Å². The SMILES string of the molecule is CCC(C)C(NC(=O)C(CCC(=O)O)NC(=O)C(CCC(=O)O)NC(=O)C(N)CS)C(=O)O. The van der Waals surface area contributed by atoms with Gasteiger partial charge in [0.2, 0.25) is 17.7 Å². The number of nitrogens with two attached hydrogens (primary N) is 1. The second kappa shape index (κ2) is 15.1. The number of carbonyl (C=O) groups excluding carboxylic acids is 3. The van der Waals surface area contributed by atoms with Crippen LogP contribution in [0, 0.1) is 5.92 Å². The fourth-order valence-electron chi connectivity index (χ4n) is 2.64. The summed E-state index contributed by atoms with van der Waals surface area (Å²) >= 11 is 3.88. The van der Waals surface area contributed by atoms with Crippen LogP contribution in [-0.4, -0.2) is 80.9 Å². The van der Waals surface area contributed by atoms with Crippen molar-refractivity contribution in [1.29, 1.82) is 0 Å². The van der Waals surface area contributed by atoms with Crippen LogP contribution in [0.5, 0.6) is 0 Å². The minimum absolute atomic E-state index is 0.0467. The monoisotopic (exact) mass is 492 g/mol. The molecule has 14 heteroatoms. The number of amides is 3. The van der Waals surface area contributed by atoms with Crippen LogP contribution < -0.4 is 21.7 Å². The second-order valence-electron chi connectivity index (χ2n) is 7.49. The van der Waals surface area contributed by atoms with Gasteiger partial charge in [0, 0.05) is 18.6 Å². The first kappa shape index (κ1) is 30.1. The van der Waals surface area contributed by atoms with Gasteiger partial charge in [-0.25, -0.2) is 4.79 Å². The minimum Gasteiger partial charge on any atom is -0.481 e. The average molecular weight is 493 g/mol. The summed E-state index contributed by atoms with van der Waals surface area (Å²) in [6, 6.07) is -5.18. The van der Waals surface area contributed by atoms with Gasteiger partial charge in [0.15, 0.2) is 0 Å². The maximum Gasteiger partial charge on any atom is 0.326 e. The predicted octanol–water partition coefficient (Wildman–Crippen LogP) is -1.44. The summed E-state index contributed by atoms with van der Waals surface area (Å²) in [4.78, 5) is 70.9. The van der Waals surface area contributed by atoms with Gasteiger partial charge in [-0.15, -0.1) is 0 Å². The average Bonchev–Trinajstić information content (AvgIpc) is 2.75. The molecule has 0 rings (SSSR count). The molecule has 0 saturated carbocycles. The van der Waals surface area contributed by atoms with Crippen molar-refractivity contribution in [2.24, 2.45) is 11.7 Å². The number of aliphatic carboxylic acids is 3. The molecule has 5 unspecified atom stereocenters.